The highest BCUT2D eigenvalue weighted by Gasteiger charge is 2.34. The molecule has 1 atom stereocenters. The highest BCUT2D eigenvalue weighted by Crippen LogP contribution is 2.33. The summed E-state index contributed by atoms with van der Waals surface area (Å²) in [7, 11) is 1.61. The van der Waals surface area contributed by atoms with Gasteiger partial charge in [0.2, 0.25) is 11.8 Å². The smallest absolute Gasteiger partial charge is 0.227 e. The fourth-order valence-corrected chi connectivity index (χ4v) is 6.19. The number of aromatic amines is 2. The quantitative estimate of drug-likeness (QED) is 0.252. The maximum absolute atomic E-state index is 14.2. The Balaban J connectivity index is 1.22. The van der Waals surface area contributed by atoms with E-state index >= 15 is 0 Å². The lowest BCUT2D eigenvalue weighted by Crippen LogP contribution is -2.51. The van der Waals surface area contributed by atoms with Crippen molar-refractivity contribution in [1.82, 2.24) is 34.7 Å². The highest BCUT2D eigenvalue weighted by molar-refractivity contribution is 5.90. The first-order valence-electron chi connectivity index (χ1n) is 14.6. The van der Waals surface area contributed by atoms with E-state index in [4.69, 9.17) is 14.7 Å². The van der Waals surface area contributed by atoms with Gasteiger partial charge in [-0.2, -0.15) is 0 Å². The second kappa shape index (κ2) is 11.5. The largest absolute Gasteiger partial charge is 0.480 e. The Kier molecular flexibility index (Phi) is 7.27. The number of fused-ring (bicyclic) bond motifs is 2. The number of imidazole rings is 1. The normalized spacial score (nSPS) is 15.7. The standard InChI is InChI=1S/C34H32FN7O2/c1-21-25(26-15-24(35)9-10-29(26)38-21)16-32(43)42-13-12-41(19-22-6-5-11-36-17-22)20-31(42)33-37-18-30(39-33)27-14-23-7-3-4-8-28(23)40-34(27)44-2/h3-11,14-15,17-18,31,38H,12-13,16,19-20H2,1-2H3,(H,37,39). The van der Waals surface area contributed by atoms with E-state index in [9.17, 15) is 9.18 Å². The molecule has 222 valence electrons. The van der Waals surface area contributed by atoms with Gasteiger partial charge < -0.3 is 19.6 Å². The molecule has 9 nitrogen and oxygen atoms in total. The number of nitrogens with zero attached hydrogens (tertiary/aromatic N) is 5. The van der Waals surface area contributed by atoms with Crippen LogP contribution in [0.4, 0.5) is 4.39 Å². The van der Waals surface area contributed by atoms with Gasteiger partial charge in [0.1, 0.15) is 17.7 Å². The number of nitrogens with one attached hydrogen (secondary N) is 2. The van der Waals surface area contributed by atoms with E-state index in [1.165, 1.54) is 12.1 Å². The van der Waals surface area contributed by atoms with Crippen molar-refractivity contribution in [2.45, 2.75) is 25.9 Å². The molecule has 1 unspecified atom stereocenters. The van der Waals surface area contributed by atoms with Gasteiger partial charge in [-0.3, -0.25) is 14.7 Å². The van der Waals surface area contributed by atoms with Crippen LogP contribution < -0.4 is 4.74 Å². The molecule has 1 fully saturated rings. The Hall–Kier alpha value is -5.09. The number of aromatic nitrogens is 5. The third-order valence-electron chi connectivity index (χ3n) is 8.41. The zero-order valence-electron chi connectivity index (χ0n) is 24.5. The Morgan fingerprint density at radius 3 is 2.80 bits per heavy atom. The average Bonchev–Trinajstić information content (AvgIpc) is 3.65. The first-order chi connectivity index (χ1) is 21.5. The van der Waals surface area contributed by atoms with Gasteiger partial charge in [-0.05, 0) is 54.4 Å². The van der Waals surface area contributed by atoms with E-state index in [1.54, 1.807) is 25.6 Å². The van der Waals surface area contributed by atoms with Crippen molar-refractivity contribution in [3.8, 4) is 17.1 Å². The maximum atomic E-state index is 14.2. The molecule has 2 aromatic carbocycles. The van der Waals surface area contributed by atoms with Crippen molar-refractivity contribution >= 4 is 27.7 Å². The molecule has 1 aliphatic rings. The average molecular weight is 590 g/mol. The number of hydrogen-bond acceptors (Lipinski definition) is 6. The lowest BCUT2D eigenvalue weighted by molar-refractivity contribution is -0.136. The first kappa shape index (κ1) is 27.7. The molecule has 6 aromatic rings. The lowest BCUT2D eigenvalue weighted by Gasteiger charge is -2.40. The molecule has 5 heterocycles. The van der Waals surface area contributed by atoms with E-state index in [-0.39, 0.29) is 24.2 Å². The number of aryl methyl sites for hydroxylation is 1. The van der Waals surface area contributed by atoms with Crippen molar-refractivity contribution in [1.29, 1.82) is 0 Å². The second-order valence-electron chi connectivity index (χ2n) is 11.2. The monoisotopic (exact) mass is 589 g/mol. The molecule has 10 heteroatoms. The molecule has 4 aromatic heterocycles. The van der Waals surface area contributed by atoms with Gasteiger partial charge in [0.05, 0.1) is 36.5 Å². The molecule has 1 aliphatic heterocycles. The van der Waals surface area contributed by atoms with Crippen LogP contribution in [-0.2, 0) is 17.8 Å². The van der Waals surface area contributed by atoms with Crippen LogP contribution in [-0.4, -0.2) is 67.4 Å². The minimum atomic E-state index is -0.330. The van der Waals surface area contributed by atoms with Crippen LogP contribution in [0.5, 0.6) is 5.88 Å². The van der Waals surface area contributed by atoms with Gasteiger partial charge in [-0.15, -0.1) is 0 Å². The van der Waals surface area contributed by atoms with E-state index in [2.05, 4.69) is 25.9 Å². The summed E-state index contributed by atoms with van der Waals surface area (Å²) < 4.78 is 19.8. The van der Waals surface area contributed by atoms with Gasteiger partial charge in [-0.25, -0.2) is 14.4 Å². The third-order valence-corrected chi connectivity index (χ3v) is 8.41. The molecule has 0 radical (unpaired) electrons. The number of hydrogen-bond donors (Lipinski definition) is 2. The number of piperazine rings is 1. The molecular formula is C34H32FN7O2. The van der Waals surface area contributed by atoms with E-state index in [0.29, 0.717) is 37.9 Å². The van der Waals surface area contributed by atoms with Crippen molar-refractivity contribution in [3.63, 3.8) is 0 Å². The Bertz CT molecular complexity index is 1970. The number of ether oxygens (including phenoxy) is 1. The summed E-state index contributed by atoms with van der Waals surface area (Å²) >= 11 is 0. The van der Waals surface area contributed by atoms with Crippen LogP contribution >= 0.6 is 0 Å². The van der Waals surface area contributed by atoms with Gasteiger partial charge in [0, 0.05) is 60.6 Å². The fourth-order valence-electron chi connectivity index (χ4n) is 6.19. The van der Waals surface area contributed by atoms with Crippen molar-refractivity contribution in [2.24, 2.45) is 0 Å². The van der Waals surface area contributed by atoms with Gasteiger partial charge in [0.15, 0.2) is 0 Å². The summed E-state index contributed by atoms with van der Waals surface area (Å²) in [5.74, 6) is 0.817. The number of rotatable bonds is 7. The molecule has 0 aliphatic carbocycles. The molecule has 0 bridgehead atoms. The van der Waals surface area contributed by atoms with E-state index < -0.39 is 0 Å². The minimum Gasteiger partial charge on any atom is -0.480 e. The molecule has 0 spiro atoms. The van der Waals surface area contributed by atoms with Gasteiger partial charge in [0.25, 0.3) is 0 Å². The van der Waals surface area contributed by atoms with Crippen LogP contribution in [0.1, 0.15) is 28.7 Å². The highest BCUT2D eigenvalue weighted by atomic mass is 19.1. The van der Waals surface area contributed by atoms with Crippen molar-refractivity contribution in [3.05, 3.63) is 108 Å². The van der Waals surface area contributed by atoms with Gasteiger partial charge in [-0.1, -0.05) is 24.3 Å². The number of benzene rings is 2. The zero-order chi connectivity index (χ0) is 30.2. The fraction of sp³-hybridized carbons (Fsp3) is 0.235. The second-order valence-corrected chi connectivity index (χ2v) is 11.2. The summed E-state index contributed by atoms with van der Waals surface area (Å²) in [5.41, 5.74) is 6.00. The molecule has 2 N–H and O–H groups in total. The number of carbonyl (C=O) groups is 1. The zero-order valence-corrected chi connectivity index (χ0v) is 24.5. The number of halogens is 1. The predicted molar refractivity (Wildman–Crippen MR) is 167 cm³/mol. The number of pyridine rings is 2. The molecular weight excluding hydrogens is 557 g/mol. The molecule has 44 heavy (non-hydrogen) atoms. The molecule has 1 amide bonds. The number of para-hydroxylation sites is 1. The van der Waals surface area contributed by atoms with Crippen LogP contribution in [0.2, 0.25) is 0 Å². The molecule has 1 saturated heterocycles. The van der Waals surface area contributed by atoms with Crippen LogP contribution in [0.25, 0.3) is 33.1 Å². The van der Waals surface area contributed by atoms with Gasteiger partial charge >= 0.3 is 0 Å². The Labute approximate surface area is 253 Å². The van der Waals surface area contributed by atoms with E-state index in [1.807, 2.05) is 54.4 Å². The first-order valence-corrected chi connectivity index (χ1v) is 14.6. The predicted octanol–water partition coefficient (Wildman–Crippen LogP) is 5.59. The topological polar surface area (TPSA) is 103 Å². The Morgan fingerprint density at radius 2 is 1.95 bits per heavy atom. The third kappa shape index (κ3) is 5.28. The molecule has 0 saturated carbocycles. The minimum absolute atomic E-state index is 0.0350. The summed E-state index contributed by atoms with van der Waals surface area (Å²) in [6.45, 7) is 4.45. The Morgan fingerprint density at radius 1 is 1.07 bits per heavy atom. The number of H-pyrrole nitrogens is 2. The summed E-state index contributed by atoms with van der Waals surface area (Å²) in [5, 5.41) is 1.72. The van der Waals surface area contributed by atoms with Crippen LogP contribution in [0.15, 0.2) is 79.3 Å². The van der Waals surface area contributed by atoms with Crippen molar-refractivity contribution < 1.29 is 13.9 Å². The maximum Gasteiger partial charge on any atom is 0.227 e. The molecule has 7 rings (SSSR count). The van der Waals surface area contributed by atoms with Crippen LogP contribution in [0.3, 0.4) is 0 Å². The lowest BCUT2D eigenvalue weighted by atomic mass is 10.0. The number of carbonyl (C=O) groups excluding carboxylic acids is 1. The number of amides is 1. The van der Waals surface area contributed by atoms with Crippen LogP contribution in [0, 0.1) is 12.7 Å². The van der Waals surface area contributed by atoms with E-state index in [0.717, 1.165) is 49.9 Å². The summed E-state index contributed by atoms with van der Waals surface area (Å²) in [4.78, 5) is 38.8. The van der Waals surface area contributed by atoms with Crippen molar-refractivity contribution in [2.75, 3.05) is 26.7 Å². The summed E-state index contributed by atoms with van der Waals surface area (Å²) in [6, 6.07) is 18.2. The summed E-state index contributed by atoms with van der Waals surface area (Å²) in [6.07, 6.45) is 5.57. The SMILES string of the molecule is COc1nc2ccccc2cc1-c1cnc(C2CN(Cc3cccnc3)CCN2C(=O)Cc2c(C)[nH]c3ccc(F)cc23)[nH]1. The number of methoxy groups -OCH3 is 1.